The highest BCUT2D eigenvalue weighted by atomic mass is 16.3. The first-order valence-corrected chi connectivity index (χ1v) is 13.7. The van der Waals surface area contributed by atoms with Crippen LogP contribution in [0.2, 0.25) is 0 Å². The molecule has 9 atom stereocenters. The van der Waals surface area contributed by atoms with E-state index in [1.165, 1.54) is 51.4 Å². The van der Waals surface area contributed by atoms with Crippen molar-refractivity contribution in [1.29, 1.82) is 0 Å². The van der Waals surface area contributed by atoms with Gasteiger partial charge in [0, 0.05) is 0 Å². The number of rotatable bonds is 1. The maximum atomic E-state index is 10.9. The van der Waals surface area contributed by atoms with Gasteiger partial charge in [-0.05, 0) is 114 Å². The second kappa shape index (κ2) is 6.64. The maximum absolute atomic E-state index is 10.9. The van der Waals surface area contributed by atoms with Crippen LogP contribution in [0.5, 0.6) is 0 Å². The average Bonchev–Trinajstić information content (AvgIpc) is 3.04. The van der Waals surface area contributed by atoms with Gasteiger partial charge in [0.05, 0.1) is 6.10 Å². The van der Waals surface area contributed by atoms with Crippen LogP contribution in [-0.2, 0) is 0 Å². The molecule has 1 nitrogen and oxygen atoms in total. The molecule has 0 radical (unpaired) electrons. The van der Waals surface area contributed by atoms with Crippen molar-refractivity contribution in [3.63, 3.8) is 0 Å². The molecular weight excluding hydrogens is 376 g/mol. The molecule has 1 N–H and O–H groups in total. The Morgan fingerprint density at radius 3 is 2.26 bits per heavy atom. The summed E-state index contributed by atoms with van der Waals surface area (Å²) in [6.07, 6.45) is 14.6. The van der Waals surface area contributed by atoms with Gasteiger partial charge in [-0.1, -0.05) is 67.0 Å². The Balaban J connectivity index is 1.59. The van der Waals surface area contributed by atoms with Crippen LogP contribution in [0.3, 0.4) is 0 Å². The Kier molecular flexibility index (Phi) is 4.82. The Morgan fingerprint density at radius 1 is 0.871 bits per heavy atom. The maximum Gasteiger partial charge on any atom is 0.0594 e. The number of fused-ring (bicyclic) bond motifs is 7. The first kappa shape index (κ1) is 22.5. The summed E-state index contributed by atoms with van der Waals surface area (Å²) >= 11 is 0. The zero-order valence-corrected chi connectivity index (χ0v) is 21.9. The molecule has 0 aliphatic heterocycles. The van der Waals surface area contributed by atoms with Crippen molar-refractivity contribution in [3.8, 4) is 0 Å². The molecule has 0 spiro atoms. The molecule has 0 aromatic rings. The van der Waals surface area contributed by atoms with Crippen LogP contribution in [-0.4, -0.2) is 11.2 Å². The van der Waals surface area contributed by atoms with Crippen LogP contribution in [0, 0.1) is 56.7 Å². The second-order valence-corrected chi connectivity index (χ2v) is 14.7. The summed E-state index contributed by atoms with van der Waals surface area (Å²) in [5.41, 5.74) is 3.48. The van der Waals surface area contributed by atoms with Gasteiger partial charge in [-0.25, -0.2) is 0 Å². The Labute approximate surface area is 192 Å². The number of aliphatic hydroxyl groups excluding tert-OH is 1. The Morgan fingerprint density at radius 2 is 1.58 bits per heavy atom. The molecule has 0 unspecified atom stereocenters. The monoisotopic (exact) mass is 426 g/mol. The van der Waals surface area contributed by atoms with Crippen LogP contribution in [0.4, 0.5) is 0 Å². The lowest BCUT2D eigenvalue weighted by Gasteiger charge is -2.70. The predicted molar refractivity (Wildman–Crippen MR) is 131 cm³/mol. The lowest BCUT2D eigenvalue weighted by atomic mass is 9.35. The smallest absolute Gasteiger partial charge is 0.0594 e. The van der Waals surface area contributed by atoms with Gasteiger partial charge < -0.3 is 5.11 Å². The standard InChI is InChI=1S/C30H50O/c1-19(2)20-11-14-27(5)17-18-29(7)21(25(20)27)9-10-23-28(6)15-13-24(31)26(3,4)22(28)12-16-30(23,29)8/h10,19-22,24-25,31H,9,11-18H2,1-8H3/t20-,21+,22-,24-,25-,27+,28-,29+,30+/m0/s1. The second-order valence-electron chi connectivity index (χ2n) is 14.7. The van der Waals surface area contributed by atoms with Crippen molar-refractivity contribution in [1.82, 2.24) is 0 Å². The summed E-state index contributed by atoms with van der Waals surface area (Å²) in [6, 6.07) is 0. The minimum Gasteiger partial charge on any atom is -0.393 e. The molecule has 5 aliphatic rings. The Bertz CT molecular complexity index is 777. The molecule has 0 heterocycles. The molecule has 0 aromatic carbocycles. The molecule has 176 valence electrons. The fourth-order valence-electron chi connectivity index (χ4n) is 10.9. The van der Waals surface area contributed by atoms with E-state index in [2.05, 4.69) is 61.5 Å². The molecule has 5 aliphatic carbocycles. The summed E-state index contributed by atoms with van der Waals surface area (Å²) < 4.78 is 0. The Hall–Kier alpha value is -0.300. The van der Waals surface area contributed by atoms with Gasteiger partial charge in [-0.2, -0.15) is 0 Å². The van der Waals surface area contributed by atoms with Crippen LogP contribution in [0.1, 0.15) is 113 Å². The van der Waals surface area contributed by atoms with E-state index in [1.807, 2.05) is 5.57 Å². The van der Waals surface area contributed by atoms with E-state index in [4.69, 9.17) is 0 Å². The van der Waals surface area contributed by atoms with E-state index in [-0.39, 0.29) is 16.9 Å². The van der Waals surface area contributed by atoms with Gasteiger partial charge in [0.25, 0.3) is 0 Å². The largest absolute Gasteiger partial charge is 0.393 e. The van der Waals surface area contributed by atoms with Gasteiger partial charge in [-0.15, -0.1) is 0 Å². The van der Waals surface area contributed by atoms with Crippen LogP contribution < -0.4 is 0 Å². The lowest BCUT2D eigenvalue weighted by molar-refractivity contribution is -0.159. The summed E-state index contributed by atoms with van der Waals surface area (Å²) in [6.45, 7) is 20.4. The molecule has 0 bridgehead atoms. The van der Waals surface area contributed by atoms with Gasteiger partial charge in [-0.3, -0.25) is 0 Å². The third-order valence-electron chi connectivity index (χ3n) is 13.1. The van der Waals surface area contributed by atoms with E-state index in [9.17, 15) is 5.11 Å². The van der Waals surface area contributed by atoms with Crippen LogP contribution >= 0.6 is 0 Å². The summed E-state index contributed by atoms with van der Waals surface area (Å²) in [5, 5.41) is 10.9. The summed E-state index contributed by atoms with van der Waals surface area (Å²) in [4.78, 5) is 0. The highest BCUT2D eigenvalue weighted by Crippen LogP contribution is 2.76. The summed E-state index contributed by atoms with van der Waals surface area (Å²) in [5.74, 6) is 4.13. The van der Waals surface area contributed by atoms with Crippen molar-refractivity contribution in [2.45, 2.75) is 119 Å². The van der Waals surface area contributed by atoms with E-state index in [0.717, 1.165) is 30.1 Å². The van der Waals surface area contributed by atoms with Crippen molar-refractivity contribution in [2.24, 2.45) is 56.7 Å². The zero-order valence-electron chi connectivity index (χ0n) is 21.9. The topological polar surface area (TPSA) is 20.2 Å². The van der Waals surface area contributed by atoms with Gasteiger partial charge in [0.2, 0.25) is 0 Å². The fraction of sp³-hybridized carbons (Fsp3) is 0.933. The fourth-order valence-corrected chi connectivity index (χ4v) is 10.9. The first-order valence-electron chi connectivity index (χ1n) is 13.7. The van der Waals surface area contributed by atoms with E-state index in [0.29, 0.717) is 22.2 Å². The SMILES string of the molecule is CC(C)[C@@H]1CC[C@]2(C)CC[C@]3(C)[C@H](CC=C4[C@@]5(C)CC[C@H](O)C(C)(C)[C@@H]5CC[C@]43C)[C@H]12. The third kappa shape index (κ3) is 2.65. The van der Waals surface area contributed by atoms with Gasteiger partial charge in [0.15, 0.2) is 0 Å². The minimum atomic E-state index is -0.136. The van der Waals surface area contributed by atoms with E-state index >= 15 is 0 Å². The molecular formula is C30H50O. The van der Waals surface area contributed by atoms with Crippen LogP contribution in [0.15, 0.2) is 11.6 Å². The highest BCUT2D eigenvalue weighted by molar-refractivity contribution is 5.35. The van der Waals surface area contributed by atoms with Crippen LogP contribution in [0.25, 0.3) is 0 Å². The third-order valence-corrected chi connectivity index (χ3v) is 13.1. The minimum absolute atomic E-state index is 0.0340. The summed E-state index contributed by atoms with van der Waals surface area (Å²) in [7, 11) is 0. The molecule has 0 aromatic heterocycles. The van der Waals surface area contributed by atoms with Crippen molar-refractivity contribution >= 4 is 0 Å². The molecule has 0 amide bonds. The first-order chi connectivity index (χ1) is 14.3. The van der Waals surface area contributed by atoms with Crippen molar-refractivity contribution in [3.05, 3.63) is 11.6 Å². The number of hydrogen-bond acceptors (Lipinski definition) is 1. The number of aliphatic hydroxyl groups is 1. The molecule has 31 heavy (non-hydrogen) atoms. The molecule has 4 fully saturated rings. The molecule has 1 heteroatoms. The van der Waals surface area contributed by atoms with Gasteiger partial charge in [0.1, 0.15) is 0 Å². The molecule has 5 rings (SSSR count). The number of allylic oxidation sites excluding steroid dienone is 2. The predicted octanol–water partition coefficient (Wildman–Crippen LogP) is 8.02. The van der Waals surface area contributed by atoms with Gasteiger partial charge >= 0.3 is 0 Å². The van der Waals surface area contributed by atoms with Crippen molar-refractivity contribution < 1.29 is 5.11 Å². The highest BCUT2D eigenvalue weighted by Gasteiger charge is 2.68. The number of hydrogen-bond donors (Lipinski definition) is 1. The van der Waals surface area contributed by atoms with E-state index < -0.39 is 0 Å². The quantitative estimate of drug-likeness (QED) is 0.421. The average molecular weight is 427 g/mol. The molecule has 0 saturated heterocycles. The molecule has 4 saturated carbocycles. The van der Waals surface area contributed by atoms with E-state index in [1.54, 1.807) is 0 Å². The van der Waals surface area contributed by atoms with Crippen molar-refractivity contribution in [2.75, 3.05) is 0 Å². The normalized spacial score (nSPS) is 55.7. The zero-order chi connectivity index (χ0) is 22.6. The lowest BCUT2D eigenvalue weighted by Crippen LogP contribution is -2.62.